The lowest BCUT2D eigenvalue weighted by molar-refractivity contribution is -0.161. The summed E-state index contributed by atoms with van der Waals surface area (Å²) in [6.45, 7) is 3.71. The van der Waals surface area contributed by atoms with Crippen LogP contribution in [0.3, 0.4) is 0 Å². The predicted molar refractivity (Wildman–Crippen MR) is 404 cm³/mol. The van der Waals surface area contributed by atoms with Gasteiger partial charge in [-0.1, -0.05) is 408 Å². The number of carbonyl (C=O) groups excluding carboxylic acids is 2. The number of unbranched alkanes of at least 4 members (excludes halogenated alkanes) is 52. The minimum Gasteiger partial charge on any atom is -0.462 e. The molecule has 10 heteroatoms. The first-order chi connectivity index (χ1) is 45.8. The molecule has 544 valence electrons. The van der Waals surface area contributed by atoms with Gasteiger partial charge in [0.15, 0.2) is 6.10 Å². The molecule has 0 radical (unpaired) electrons. The maximum atomic E-state index is 12.8. The molecule has 0 fully saturated rings. The van der Waals surface area contributed by atoms with E-state index in [4.69, 9.17) is 24.3 Å². The Morgan fingerprint density at radius 1 is 0.333 bits per heavy atom. The van der Waals surface area contributed by atoms with Crippen LogP contribution in [0.2, 0.25) is 0 Å². The molecule has 0 aliphatic carbocycles. The Labute approximate surface area is 577 Å². The van der Waals surface area contributed by atoms with Gasteiger partial charge in [0.05, 0.1) is 13.2 Å². The van der Waals surface area contributed by atoms with Gasteiger partial charge in [-0.05, 0) is 64.2 Å². The predicted octanol–water partition coefficient (Wildman–Crippen LogP) is 27.1. The van der Waals surface area contributed by atoms with E-state index in [2.05, 4.69) is 86.8 Å². The molecule has 0 rings (SSSR count). The van der Waals surface area contributed by atoms with Crippen LogP contribution in [0.15, 0.2) is 72.9 Å². The maximum absolute atomic E-state index is 12.8. The molecule has 0 bridgehead atoms. The smallest absolute Gasteiger partial charge is 0.462 e. The van der Waals surface area contributed by atoms with Crippen molar-refractivity contribution in [3.8, 4) is 0 Å². The number of hydrogen-bond acceptors (Lipinski definition) is 8. The van der Waals surface area contributed by atoms with Crippen molar-refractivity contribution < 1.29 is 37.6 Å². The van der Waals surface area contributed by atoms with E-state index in [1.807, 2.05) is 0 Å². The molecule has 0 aromatic carbocycles. The van der Waals surface area contributed by atoms with Crippen LogP contribution in [0.4, 0.5) is 0 Å². The van der Waals surface area contributed by atoms with Crippen molar-refractivity contribution in [2.45, 2.75) is 418 Å². The third-order valence-corrected chi connectivity index (χ3v) is 19.1. The van der Waals surface area contributed by atoms with Gasteiger partial charge in [-0.15, -0.1) is 0 Å². The van der Waals surface area contributed by atoms with E-state index in [-0.39, 0.29) is 38.6 Å². The third kappa shape index (κ3) is 78.3. The molecule has 0 aliphatic heterocycles. The van der Waals surface area contributed by atoms with E-state index in [1.54, 1.807) is 0 Å². The molecular weight excluding hydrogens is 1170 g/mol. The fraction of sp³-hybridized carbons (Fsp3) is 0.831. The molecule has 0 amide bonds. The van der Waals surface area contributed by atoms with Gasteiger partial charge in [0.2, 0.25) is 0 Å². The number of phosphoric ester groups is 1. The standard InChI is InChI=1S/C83H154NO8P/c1-3-5-7-9-11-13-15-17-19-21-23-25-27-29-31-33-35-37-38-39-40-41-42-44-46-48-50-52-54-56-58-60-62-64-66-68-70-72-74-76-83(86)92-81(80-91-93(87,88)90-78-77-84)79-89-82(85)75-73-71-69-67-65-63-61-59-57-55-53-51-49-47-45-43-36-34-32-30-28-26-24-22-20-18-16-14-12-10-8-6-4-2/h5,7,11,13,17,19,23,25,29,31,35,37,81H,3-4,6,8-10,12,14-16,18,20-22,24,26-28,30,32-34,36,38-80,84H2,1-2H3,(H,87,88)/b7-5-,13-11-,19-17-,25-23-,31-29-,37-35-. The van der Waals surface area contributed by atoms with Crippen molar-refractivity contribution in [1.82, 2.24) is 0 Å². The maximum Gasteiger partial charge on any atom is 0.472 e. The number of phosphoric acid groups is 1. The van der Waals surface area contributed by atoms with E-state index in [0.29, 0.717) is 6.42 Å². The lowest BCUT2D eigenvalue weighted by Gasteiger charge is -2.19. The molecule has 3 N–H and O–H groups in total. The molecule has 9 nitrogen and oxygen atoms in total. The van der Waals surface area contributed by atoms with Gasteiger partial charge in [-0.2, -0.15) is 0 Å². The summed E-state index contributed by atoms with van der Waals surface area (Å²) in [5.41, 5.74) is 5.42. The van der Waals surface area contributed by atoms with Crippen LogP contribution < -0.4 is 5.73 Å². The first-order valence-electron chi connectivity index (χ1n) is 40.4. The minimum atomic E-state index is -4.40. The molecule has 0 saturated carbocycles. The third-order valence-electron chi connectivity index (χ3n) is 18.1. The topological polar surface area (TPSA) is 134 Å². The van der Waals surface area contributed by atoms with E-state index in [1.165, 1.54) is 308 Å². The quantitative estimate of drug-likeness (QED) is 0.0264. The summed E-state index contributed by atoms with van der Waals surface area (Å²) < 4.78 is 33.3. The van der Waals surface area contributed by atoms with Crippen LogP contribution in [0.1, 0.15) is 412 Å². The summed E-state index contributed by atoms with van der Waals surface area (Å²) in [5, 5.41) is 0. The zero-order chi connectivity index (χ0) is 67.2. The Morgan fingerprint density at radius 3 is 0.882 bits per heavy atom. The fourth-order valence-electron chi connectivity index (χ4n) is 12.2. The summed E-state index contributed by atoms with van der Waals surface area (Å²) in [5.74, 6) is -0.804. The van der Waals surface area contributed by atoms with Gasteiger partial charge >= 0.3 is 19.8 Å². The average Bonchev–Trinajstić information content (AvgIpc) is 3.60. The Kier molecular flexibility index (Phi) is 76.3. The van der Waals surface area contributed by atoms with Crippen LogP contribution >= 0.6 is 7.82 Å². The number of rotatable bonds is 77. The number of carbonyl (C=O) groups is 2. The number of ether oxygens (including phenoxy) is 2. The largest absolute Gasteiger partial charge is 0.472 e. The molecule has 0 spiro atoms. The molecule has 0 saturated heterocycles. The molecular formula is C83H154NO8P. The van der Waals surface area contributed by atoms with Crippen molar-refractivity contribution in [1.29, 1.82) is 0 Å². The summed E-state index contributed by atoms with van der Waals surface area (Å²) >= 11 is 0. The summed E-state index contributed by atoms with van der Waals surface area (Å²) in [4.78, 5) is 35.5. The SMILES string of the molecule is CC/C=C\C/C=C\C/C=C\C/C=C\C/C=C\C/C=C\CCCCCCCCCCCCCCCCCCCCCCC(=O)OC(COC(=O)CCCCCCCCCCCCCCCCCCCCCCCCCCCCCCCCCCC)COP(=O)(O)OCCN. The number of hydrogen-bond donors (Lipinski definition) is 2. The average molecular weight is 1330 g/mol. The van der Waals surface area contributed by atoms with E-state index < -0.39 is 26.5 Å². The second-order valence-electron chi connectivity index (χ2n) is 27.3. The first-order valence-corrected chi connectivity index (χ1v) is 41.9. The van der Waals surface area contributed by atoms with E-state index in [9.17, 15) is 19.0 Å². The van der Waals surface area contributed by atoms with Gasteiger partial charge in [0, 0.05) is 19.4 Å². The molecule has 2 atom stereocenters. The highest BCUT2D eigenvalue weighted by Gasteiger charge is 2.26. The fourth-order valence-corrected chi connectivity index (χ4v) is 12.9. The lowest BCUT2D eigenvalue weighted by atomic mass is 10.0. The number of allylic oxidation sites excluding steroid dienone is 12. The van der Waals surface area contributed by atoms with Crippen molar-refractivity contribution in [3.63, 3.8) is 0 Å². The Bertz CT molecular complexity index is 1760. The van der Waals surface area contributed by atoms with E-state index >= 15 is 0 Å². The van der Waals surface area contributed by atoms with Crippen LogP contribution in [-0.2, 0) is 32.7 Å². The summed E-state index contributed by atoms with van der Waals surface area (Å²) in [6, 6.07) is 0. The molecule has 0 aromatic rings. The zero-order valence-electron chi connectivity index (χ0n) is 61.5. The molecule has 0 aliphatic rings. The second-order valence-corrected chi connectivity index (χ2v) is 28.7. The molecule has 0 aromatic heterocycles. The second kappa shape index (κ2) is 78.4. The van der Waals surface area contributed by atoms with Crippen LogP contribution in [0, 0.1) is 0 Å². The lowest BCUT2D eigenvalue weighted by Crippen LogP contribution is -2.29. The highest BCUT2D eigenvalue weighted by molar-refractivity contribution is 7.47. The number of esters is 2. The minimum absolute atomic E-state index is 0.0551. The van der Waals surface area contributed by atoms with Crippen LogP contribution in [-0.4, -0.2) is 49.3 Å². The van der Waals surface area contributed by atoms with Crippen LogP contribution in [0.25, 0.3) is 0 Å². The Hall–Kier alpha value is -2.55. The highest BCUT2D eigenvalue weighted by Crippen LogP contribution is 2.43. The normalized spacial score (nSPS) is 13.2. The Balaban J connectivity index is 3.76. The van der Waals surface area contributed by atoms with E-state index in [0.717, 1.165) is 70.6 Å². The summed E-state index contributed by atoms with van der Waals surface area (Å²) in [7, 11) is -4.40. The van der Waals surface area contributed by atoms with Crippen LogP contribution in [0.5, 0.6) is 0 Å². The van der Waals surface area contributed by atoms with Gasteiger partial charge in [0.25, 0.3) is 0 Å². The highest BCUT2D eigenvalue weighted by atomic mass is 31.2. The van der Waals surface area contributed by atoms with Gasteiger partial charge in [0.1, 0.15) is 6.61 Å². The van der Waals surface area contributed by atoms with Crippen molar-refractivity contribution in [2.75, 3.05) is 26.4 Å². The Morgan fingerprint density at radius 2 is 0.591 bits per heavy atom. The van der Waals surface area contributed by atoms with Crippen molar-refractivity contribution in [2.24, 2.45) is 5.73 Å². The molecule has 2 unspecified atom stereocenters. The monoisotopic (exact) mass is 1320 g/mol. The molecule has 0 heterocycles. The van der Waals surface area contributed by atoms with Gasteiger partial charge < -0.3 is 20.1 Å². The van der Waals surface area contributed by atoms with Gasteiger partial charge in [-0.3, -0.25) is 18.6 Å². The molecule has 93 heavy (non-hydrogen) atoms. The first kappa shape index (κ1) is 90.5. The van der Waals surface area contributed by atoms with Gasteiger partial charge in [-0.25, -0.2) is 4.57 Å². The van der Waals surface area contributed by atoms with Crippen molar-refractivity contribution in [3.05, 3.63) is 72.9 Å². The number of nitrogens with two attached hydrogens (primary N) is 1. The van der Waals surface area contributed by atoms with Crippen molar-refractivity contribution >= 4 is 19.8 Å². The zero-order valence-corrected chi connectivity index (χ0v) is 62.4. The summed E-state index contributed by atoms with van der Waals surface area (Å²) in [6.07, 6.45) is 105.